The lowest BCUT2D eigenvalue weighted by Crippen LogP contribution is -2.05. The van der Waals surface area contributed by atoms with Crippen molar-refractivity contribution >= 4 is 16.9 Å². The van der Waals surface area contributed by atoms with Gasteiger partial charge in [-0.2, -0.15) is 0 Å². The van der Waals surface area contributed by atoms with Gasteiger partial charge < -0.3 is 19.0 Å². The van der Waals surface area contributed by atoms with Crippen molar-refractivity contribution in [2.45, 2.75) is 20.8 Å². The van der Waals surface area contributed by atoms with E-state index in [9.17, 15) is 14.7 Å². The molecule has 0 bridgehead atoms. The van der Waals surface area contributed by atoms with Gasteiger partial charge in [0.15, 0.2) is 11.5 Å². The maximum absolute atomic E-state index is 11.3. The van der Waals surface area contributed by atoms with Gasteiger partial charge in [0.05, 0.1) is 5.39 Å². The van der Waals surface area contributed by atoms with Gasteiger partial charge in [-0.05, 0) is 26.0 Å². The van der Waals surface area contributed by atoms with Gasteiger partial charge in [-0.15, -0.1) is 0 Å². The van der Waals surface area contributed by atoms with E-state index in [1.807, 2.05) is 19.9 Å². The summed E-state index contributed by atoms with van der Waals surface area (Å²) >= 11 is 0. The van der Waals surface area contributed by atoms with Crippen LogP contribution in [0, 0.1) is 0 Å². The molecule has 22 heavy (non-hydrogen) atoms. The molecule has 6 heteroatoms. The molecule has 6 nitrogen and oxygen atoms in total. The lowest BCUT2D eigenvalue weighted by Gasteiger charge is -2.12. The summed E-state index contributed by atoms with van der Waals surface area (Å²) < 4.78 is 15.5. The monoisotopic (exact) mass is 304 g/mol. The van der Waals surface area contributed by atoms with Crippen LogP contribution in [0.4, 0.5) is 0 Å². The molecule has 0 aliphatic heterocycles. The van der Waals surface area contributed by atoms with Crippen molar-refractivity contribution in [3.63, 3.8) is 0 Å². The van der Waals surface area contributed by atoms with Gasteiger partial charge in [0, 0.05) is 19.1 Å². The zero-order chi connectivity index (χ0) is 16.3. The summed E-state index contributed by atoms with van der Waals surface area (Å²) in [4.78, 5) is 22.5. The van der Waals surface area contributed by atoms with Gasteiger partial charge in [0.1, 0.15) is 12.2 Å². The predicted molar refractivity (Wildman–Crippen MR) is 80.4 cm³/mol. The fourth-order valence-corrected chi connectivity index (χ4v) is 1.81. The van der Waals surface area contributed by atoms with Crippen molar-refractivity contribution in [1.29, 1.82) is 0 Å². The third kappa shape index (κ3) is 3.46. The van der Waals surface area contributed by atoms with Crippen molar-refractivity contribution in [2.75, 3.05) is 6.61 Å². The third-order valence-electron chi connectivity index (χ3n) is 2.79. The number of rotatable bonds is 4. The number of carbonyl (C=O) groups excluding carboxylic acids is 1. The average Bonchev–Trinajstić information content (AvgIpc) is 2.42. The quantitative estimate of drug-likeness (QED) is 0.404. The van der Waals surface area contributed by atoms with E-state index >= 15 is 0 Å². The molecule has 0 aliphatic carbocycles. The van der Waals surface area contributed by atoms with E-state index in [-0.39, 0.29) is 29.4 Å². The van der Waals surface area contributed by atoms with E-state index in [2.05, 4.69) is 0 Å². The topological polar surface area (TPSA) is 86.0 Å². The second kappa shape index (κ2) is 6.34. The van der Waals surface area contributed by atoms with Crippen LogP contribution < -0.4 is 15.1 Å². The van der Waals surface area contributed by atoms with Crippen LogP contribution in [0.1, 0.15) is 20.8 Å². The summed E-state index contributed by atoms with van der Waals surface area (Å²) in [6, 6.07) is 3.98. The molecule has 1 N–H and O–H groups in total. The van der Waals surface area contributed by atoms with Gasteiger partial charge in [0.25, 0.3) is 0 Å². The molecule has 1 heterocycles. The van der Waals surface area contributed by atoms with Crippen LogP contribution in [-0.4, -0.2) is 17.7 Å². The number of ether oxygens (including phenoxy) is 2. The number of fused-ring (bicyclic) bond motifs is 1. The minimum Gasteiger partial charge on any atom is -0.502 e. The van der Waals surface area contributed by atoms with Crippen molar-refractivity contribution in [3.05, 3.63) is 40.3 Å². The Morgan fingerprint density at radius 1 is 1.32 bits per heavy atom. The molecule has 0 spiro atoms. The standard InChI is InChI=1S/C16H16O6/c1-9(2)6-7-20-13-8-12-11(4-5-14(18)22-12)16(15(13)19)21-10(3)17/h4-6,8,19H,7H2,1-3H3. The van der Waals surface area contributed by atoms with Gasteiger partial charge in [-0.25, -0.2) is 4.79 Å². The summed E-state index contributed by atoms with van der Waals surface area (Å²) in [5, 5.41) is 10.5. The van der Waals surface area contributed by atoms with Gasteiger partial charge in [-0.3, -0.25) is 4.79 Å². The first-order chi connectivity index (χ1) is 10.4. The maximum Gasteiger partial charge on any atom is 0.336 e. The lowest BCUT2D eigenvalue weighted by molar-refractivity contribution is -0.131. The molecular weight excluding hydrogens is 288 g/mol. The van der Waals surface area contributed by atoms with Crippen molar-refractivity contribution in [3.8, 4) is 17.2 Å². The first-order valence-electron chi connectivity index (χ1n) is 6.63. The Bertz CT molecular complexity index is 796. The third-order valence-corrected chi connectivity index (χ3v) is 2.79. The summed E-state index contributed by atoms with van der Waals surface area (Å²) in [6.45, 7) is 5.25. The molecule has 1 aromatic carbocycles. The van der Waals surface area contributed by atoms with E-state index in [1.165, 1.54) is 25.1 Å². The number of phenols is 1. The van der Waals surface area contributed by atoms with E-state index < -0.39 is 11.6 Å². The minimum atomic E-state index is -0.607. The number of esters is 1. The molecule has 2 rings (SSSR count). The Kier molecular flexibility index (Phi) is 4.50. The summed E-state index contributed by atoms with van der Waals surface area (Å²) in [7, 11) is 0. The van der Waals surface area contributed by atoms with Crippen molar-refractivity contribution in [2.24, 2.45) is 0 Å². The molecule has 1 aromatic heterocycles. The molecule has 0 amide bonds. The van der Waals surface area contributed by atoms with Crippen LogP contribution in [0.25, 0.3) is 11.0 Å². The zero-order valence-electron chi connectivity index (χ0n) is 12.5. The number of carbonyl (C=O) groups is 1. The number of phenolic OH excluding ortho intramolecular Hbond substituents is 1. The minimum absolute atomic E-state index is 0.0654. The first-order valence-corrected chi connectivity index (χ1v) is 6.63. The van der Waals surface area contributed by atoms with Crippen molar-refractivity contribution < 1.29 is 23.8 Å². The predicted octanol–water partition coefficient (Wildman–Crippen LogP) is 2.77. The van der Waals surface area contributed by atoms with Crippen molar-refractivity contribution in [1.82, 2.24) is 0 Å². The Balaban J connectivity index is 2.56. The number of benzene rings is 1. The highest BCUT2D eigenvalue weighted by Crippen LogP contribution is 2.42. The normalized spacial score (nSPS) is 10.3. The number of hydrogen-bond acceptors (Lipinski definition) is 6. The zero-order valence-corrected chi connectivity index (χ0v) is 12.5. The van der Waals surface area contributed by atoms with Crippen LogP contribution in [0.2, 0.25) is 0 Å². The van der Waals surface area contributed by atoms with E-state index in [0.717, 1.165) is 5.57 Å². The Morgan fingerprint density at radius 2 is 2.05 bits per heavy atom. The van der Waals surface area contributed by atoms with Crippen LogP contribution >= 0.6 is 0 Å². The van der Waals surface area contributed by atoms with E-state index in [4.69, 9.17) is 13.9 Å². The SMILES string of the molecule is CC(=O)Oc1c(O)c(OCC=C(C)C)cc2oc(=O)ccc12. The van der Waals surface area contributed by atoms with Crippen LogP contribution in [0.3, 0.4) is 0 Å². The molecule has 0 saturated heterocycles. The van der Waals surface area contributed by atoms with E-state index in [1.54, 1.807) is 0 Å². The molecule has 0 fully saturated rings. The van der Waals surface area contributed by atoms with E-state index in [0.29, 0.717) is 5.39 Å². The number of allylic oxidation sites excluding steroid dienone is 1. The molecule has 0 unspecified atom stereocenters. The summed E-state index contributed by atoms with van der Waals surface area (Å²) in [5.74, 6) is -0.959. The van der Waals surface area contributed by atoms with Gasteiger partial charge >= 0.3 is 11.6 Å². The molecular formula is C16H16O6. The highest BCUT2D eigenvalue weighted by atomic mass is 16.5. The number of hydrogen-bond donors (Lipinski definition) is 1. The fourth-order valence-electron chi connectivity index (χ4n) is 1.81. The molecule has 0 radical (unpaired) electrons. The van der Waals surface area contributed by atoms with Gasteiger partial charge in [-0.1, -0.05) is 5.57 Å². The smallest absolute Gasteiger partial charge is 0.336 e. The highest BCUT2D eigenvalue weighted by Gasteiger charge is 2.18. The van der Waals surface area contributed by atoms with Crippen LogP contribution in [-0.2, 0) is 4.79 Å². The average molecular weight is 304 g/mol. The Hall–Kier alpha value is -2.76. The molecule has 0 atom stereocenters. The first kappa shape index (κ1) is 15.6. The molecule has 0 aliphatic rings. The fraction of sp³-hybridized carbons (Fsp3) is 0.250. The molecule has 116 valence electrons. The number of aromatic hydroxyl groups is 1. The van der Waals surface area contributed by atoms with Crippen LogP contribution in [0.15, 0.2) is 39.1 Å². The highest BCUT2D eigenvalue weighted by molar-refractivity contribution is 5.91. The van der Waals surface area contributed by atoms with Crippen LogP contribution in [0.5, 0.6) is 17.2 Å². The molecule has 0 saturated carbocycles. The Labute approximate surface area is 126 Å². The largest absolute Gasteiger partial charge is 0.502 e. The summed E-state index contributed by atoms with van der Waals surface area (Å²) in [5.41, 5.74) is 0.656. The summed E-state index contributed by atoms with van der Waals surface area (Å²) in [6.07, 6.45) is 1.82. The lowest BCUT2D eigenvalue weighted by atomic mass is 10.2. The maximum atomic E-state index is 11.3. The Morgan fingerprint density at radius 3 is 2.68 bits per heavy atom. The second-order valence-corrected chi connectivity index (χ2v) is 4.90. The second-order valence-electron chi connectivity index (χ2n) is 4.90. The molecule has 2 aromatic rings. The van der Waals surface area contributed by atoms with Gasteiger partial charge in [0.2, 0.25) is 5.75 Å².